The van der Waals surface area contributed by atoms with Crippen LogP contribution in [0.25, 0.3) is 0 Å². The van der Waals surface area contributed by atoms with Gasteiger partial charge in [-0.25, -0.2) is 8.78 Å². The molecule has 1 nitrogen and oxygen atoms in total. The van der Waals surface area contributed by atoms with Crippen LogP contribution in [0.2, 0.25) is 0 Å². The molecule has 0 spiro atoms. The van der Waals surface area contributed by atoms with Gasteiger partial charge in [0.15, 0.2) is 17.4 Å². The van der Waals surface area contributed by atoms with Crippen molar-refractivity contribution in [1.29, 1.82) is 0 Å². The van der Waals surface area contributed by atoms with Crippen molar-refractivity contribution in [2.45, 2.75) is 0 Å². The van der Waals surface area contributed by atoms with Crippen molar-refractivity contribution in [2.24, 2.45) is 0 Å². The zero-order valence-electron chi connectivity index (χ0n) is 5.24. The van der Waals surface area contributed by atoms with E-state index in [2.05, 4.69) is 0 Å². The first-order chi connectivity index (χ1) is 5.04. The van der Waals surface area contributed by atoms with Crippen molar-refractivity contribution in [1.82, 2.24) is 0 Å². The number of rotatable bonds is 0. The van der Waals surface area contributed by atoms with Crippen LogP contribution in [0.3, 0.4) is 0 Å². The van der Waals surface area contributed by atoms with Crippen LogP contribution in [-0.2, 0) is 0 Å². The molecule has 1 atom stereocenters. The van der Waals surface area contributed by atoms with Gasteiger partial charge in [-0.3, -0.25) is 0 Å². The number of phenolic OH excluding ortho intramolecular Hbond substituents is 1. The lowest BCUT2D eigenvalue weighted by Crippen LogP contribution is -2.02. The van der Waals surface area contributed by atoms with E-state index in [4.69, 9.17) is 5.11 Å². The van der Waals surface area contributed by atoms with Gasteiger partial charge in [-0.2, -0.15) is 4.39 Å². The maximum absolute atomic E-state index is 12.5. The standard InChI is InChI=1S/C6H4F3OP/c7-2-1-3(11)5(9)6(10)4(2)8/h1,10H,11H2. The maximum Gasteiger partial charge on any atom is 0.203 e. The fourth-order valence-corrected chi connectivity index (χ4v) is 0.892. The zero-order valence-corrected chi connectivity index (χ0v) is 6.39. The smallest absolute Gasteiger partial charge is 0.203 e. The van der Waals surface area contributed by atoms with Crippen molar-refractivity contribution >= 4 is 14.5 Å². The largest absolute Gasteiger partial charge is 0.503 e. The van der Waals surface area contributed by atoms with Crippen LogP contribution in [0.4, 0.5) is 13.2 Å². The number of benzene rings is 1. The topological polar surface area (TPSA) is 20.2 Å². The lowest BCUT2D eigenvalue weighted by molar-refractivity contribution is 0.379. The van der Waals surface area contributed by atoms with E-state index in [0.29, 0.717) is 6.07 Å². The lowest BCUT2D eigenvalue weighted by Gasteiger charge is -2.00. The predicted octanol–water partition coefficient (Wildman–Crippen LogP) is 1.31. The molecule has 1 rings (SSSR count). The van der Waals surface area contributed by atoms with Crippen molar-refractivity contribution in [3.63, 3.8) is 0 Å². The molecule has 0 aromatic heterocycles. The van der Waals surface area contributed by atoms with Gasteiger partial charge in [0, 0.05) is 5.30 Å². The summed E-state index contributed by atoms with van der Waals surface area (Å²) in [6.07, 6.45) is 0. The molecule has 0 saturated carbocycles. The molecule has 11 heavy (non-hydrogen) atoms. The summed E-state index contributed by atoms with van der Waals surface area (Å²) in [7, 11) is 1.84. The normalized spacial score (nSPS) is 10.2. The molecular weight excluding hydrogens is 176 g/mol. The minimum absolute atomic E-state index is 0.207. The Kier molecular flexibility index (Phi) is 2.05. The predicted molar refractivity (Wildman–Crippen MR) is 37.3 cm³/mol. The molecule has 0 fully saturated rings. The van der Waals surface area contributed by atoms with Crippen molar-refractivity contribution < 1.29 is 18.3 Å². The highest BCUT2D eigenvalue weighted by molar-refractivity contribution is 7.27. The second kappa shape index (κ2) is 2.70. The summed E-state index contributed by atoms with van der Waals surface area (Å²) in [6, 6.07) is 0.648. The van der Waals surface area contributed by atoms with E-state index in [0.717, 1.165) is 0 Å². The van der Waals surface area contributed by atoms with E-state index in [1.54, 1.807) is 0 Å². The summed E-state index contributed by atoms with van der Waals surface area (Å²) in [4.78, 5) is 0. The molecule has 0 radical (unpaired) electrons. The quantitative estimate of drug-likeness (QED) is 0.471. The van der Waals surface area contributed by atoms with Gasteiger partial charge in [0.1, 0.15) is 0 Å². The van der Waals surface area contributed by atoms with E-state index in [1.807, 2.05) is 9.24 Å². The molecule has 0 aliphatic rings. The van der Waals surface area contributed by atoms with Gasteiger partial charge < -0.3 is 5.11 Å². The highest BCUT2D eigenvalue weighted by Gasteiger charge is 2.15. The molecule has 0 bridgehead atoms. The molecule has 1 unspecified atom stereocenters. The van der Waals surface area contributed by atoms with Crippen LogP contribution < -0.4 is 5.30 Å². The molecule has 0 saturated heterocycles. The summed E-state index contributed by atoms with van der Waals surface area (Å²) < 4.78 is 37.1. The Labute approximate surface area is 63.1 Å². The summed E-state index contributed by atoms with van der Waals surface area (Å²) in [6.45, 7) is 0. The summed E-state index contributed by atoms with van der Waals surface area (Å²) >= 11 is 0. The average molecular weight is 180 g/mol. The summed E-state index contributed by atoms with van der Waals surface area (Å²) in [5.41, 5.74) is 0. The van der Waals surface area contributed by atoms with Crippen LogP contribution in [0.5, 0.6) is 5.75 Å². The first-order valence-corrected chi connectivity index (χ1v) is 3.23. The van der Waals surface area contributed by atoms with Crippen molar-refractivity contribution in [2.75, 3.05) is 0 Å². The first-order valence-electron chi connectivity index (χ1n) is 2.66. The van der Waals surface area contributed by atoms with Gasteiger partial charge in [-0.1, -0.05) is 0 Å². The van der Waals surface area contributed by atoms with Gasteiger partial charge in [0.2, 0.25) is 5.82 Å². The van der Waals surface area contributed by atoms with Crippen LogP contribution in [0.15, 0.2) is 6.07 Å². The molecular formula is C6H4F3OP. The Hall–Kier alpha value is -0.760. The third kappa shape index (κ3) is 1.31. The molecule has 1 aromatic carbocycles. The Morgan fingerprint density at radius 3 is 2.27 bits per heavy atom. The van der Waals surface area contributed by atoms with Crippen LogP contribution in [0, 0.1) is 17.5 Å². The average Bonchev–Trinajstić information content (AvgIpc) is 1.97. The van der Waals surface area contributed by atoms with Gasteiger partial charge in [-0.05, 0) is 6.07 Å². The zero-order chi connectivity index (χ0) is 8.59. The number of hydrogen-bond acceptors (Lipinski definition) is 1. The van der Waals surface area contributed by atoms with Gasteiger partial charge in [0.05, 0.1) is 0 Å². The van der Waals surface area contributed by atoms with Gasteiger partial charge in [0.25, 0.3) is 0 Å². The Balaban J connectivity index is 3.46. The first kappa shape index (κ1) is 8.34. The monoisotopic (exact) mass is 180 g/mol. The second-order valence-corrected chi connectivity index (χ2v) is 2.55. The molecule has 0 amide bonds. The van der Waals surface area contributed by atoms with Crippen molar-refractivity contribution in [3.05, 3.63) is 23.5 Å². The third-order valence-corrected chi connectivity index (χ3v) is 1.58. The van der Waals surface area contributed by atoms with Crippen molar-refractivity contribution in [3.8, 4) is 5.75 Å². The molecule has 1 aromatic rings. The maximum atomic E-state index is 12.5. The number of hydrogen-bond donors (Lipinski definition) is 1. The second-order valence-electron chi connectivity index (χ2n) is 1.92. The Morgan fingerprint density at radius 2 is 1.73 bits per heavy atom. The van der Waals surface area contributed by atoms with Crippen LogP contribution in [0.1, 0.15) is 0 Å². The van der Waals surface area contributed by atoms with E-state index < -0.39 is 23.2 Å². The Bertz CT molecular complexity index is 274. The Morgan fingerprint density at radius 1 is 1.18 bits per heavy atom. The molecule has 1 N–H and O–H groups in total. The summed E-state index contributed by atoms with van der Waals surface area (Å²) in [5.74, 6) is -5.27. The molecule has 60 valence electrons. The molecule has 0 aliphatic carbocycles. The molecule has 5 heteroatoms. The fraction of sp³-hybridized carbons (Fsp3) is 0. The van der Waals surface area contributed by atoms with Gasteiger partial charge in [-0.15, -0.1) is 9.24 Å². The number of phenols is 1. The highest BCUT2D eigenvalue weighted by Crippen LogP contribution is 2.21. The third-order valence-electron chi connectivity index (χ3n) is 1.16. The highest BCUT2D eigenvalue weighted by atomic mass is 31.0. The minimum Gasteiger partial charge on any atom is -0.503 e. The van der Waals surface area contributed by atoms with Crippen LogP contribution in [-0.4, -0.2) is 5.11 Å². The SMILES string of the molecule is Oc1c(F)c(F)cc(P)c1F. The van der Waals surface area contributed by atoms with Gasteiger partial charge >= 0.3 is 0 Å². The van der Waals surface area contributed by atoms with Crippen LogP contribution >= 0.6 is 9.24 Å². The summed E-state index contributed by atoms with van der Waals surface area (Å²) in [5, 5.41) is 8.36. The van der Waals surface area contributed by atoms with E-state index in [9.17, 15) is 13.2 Å². The fourth-order valence-electron chi connectivity index (χ4n) is 0.609. The minimum atomic E-state index is -1.56. The number of halogens is 3. The van der Waals surface area contributed by atoms with E-state index in [1.165, 1.54) is 0 Å². The van der Waals surface area contributed by atoms with E-state index >= 15 is 0 Å². The molecule has 0 aliphatic heterocycles. The van der Waals surface area contributed by atoms with E-state index in [-0.39, 0.29) is 5.30 Å². The lowest BCUT2D eigenvalue weighted by atomic mass is 10.3. The molecule has 0 heterocycles. The number of aromatic hydroxyl groups is 1.